The van der Waals surface area contributed by atoms with E-state index >= 15 is 0 Å². The highest BCUT2D eigenvalue weighted by Gasteiger charge is 2.16. The molecule has 3 nitrogen and oxygen atoms in total. The number of hydrogen-bond acceptors (Lipinski definition) is 2. The van der Waals surface area contributed by atoms with Crippen molar-refractivity contribution >= 4 is 40.2 Å². The molecule has 1 heterocycles. The van der Waals surface area contributed by atoms with Crippen LogP contribution in [0.5, 0.6) is 0 Å². The largest absolute Gasteiger partial charge is 0.369 e. The van der Waals surface area contributed by atoms with Gasteiger partial charge in [-0.25, -0.2) is 4.98 Å². The summed E-state index contributed by atoms with van der Waals surface area (Å²) in [4.78, 5) is 4.36. The van der Waals surface area contributed by atoms with Crippen molar-refractivity contribution in [3.63, 3.8) is 0 Å². The van der Waals surface area contributed by atoms with Crippen molar-refractivity contribution < 1.29 is 0 Å². The molecular formula is C14H19Cl2N3. The van der Waals surface area contributed by atoms with Crippen LogP contribution in [0.3, 0.4) is 0 Å². The van der Waals surface area contributed by atoms with Gasteiger partial charge in [-0.3, -0.25) is 0 Å². The summed E-state index contributed by atoms with van der Waals surface area (Å²) in [5.74, 6) is 1.20. The Morgan fingerprint density at radius 2 is 1.79 bits per heavy atom. The van der Waals surface area contributed by atoms with Gasteiger partial charge in [0, 0.05) is 6.04 Å². The van der Waals surface area contributed by atoms with Crippen LogP contribution in [0.4, 0.5) is 5.95 Å². The zero-order valence-electron chi connectivity index (χ0n) is 11.5. The van der Waals surface area contributed by atoms with Crippen LogP contribution in [-0.4, -0.2) is 9.55 Å². The minimum absolute atomic E-state index is 0.296. The molecular weight excluding hydrogens is 281 g/mol. The summed E-state index contributed by atoms with van der Waals surface area (Å²) in [7, 11) is 0. The van der Waals surface area contributed by atoms with Crippen LogP contribution >= 0.6 is 23.2 Å². The highest BCUT2D eigenvalue weighted by atomic mass is 35.5. The van der Waals surface area contributed by atoms with Crippen LogP contribution in [0.1, 0.15) is 39.7 Å². The highest BCUT2D eigenvalue weighted by molar-refractivity contribution is 6.42. The summed E-state index contributed by atoms with van der Waals surface area (Å²) in [5.41, 5.74) is 7.77. The van der Waals surface area contributed by atoms with E-state index in [9.17, 15) is 0 Å². The molecule has 0 fully saturated rings. The predicted molar refractivity (Wildman–Crippen MR) is 82.9 cm³/mol. The lowest BCUT2D eigenvalue weighted by Crippen LogP contribution is -2.09. The zero-order valence-corrected chi connectivity index (χ0v) is 13.0. The van der Waals surface area contributed by atoms with Crippen LogP contribution in [0.2, 0.25) is 10.0 Å². The molecule has 5 heteroatoms. The number of rotatable bonds is 4. The molecule has 2 rings (SSSR count). The fourth-order valence-electron chi connectivity index (χ4n) is 2.28. The number of anilines is 1. The van der Waals surface area contributed by atoms with Crippen LogP contribution in [0.25, 0.3) is 11.0 Å². The van der Waals surface area contributed by atoms with E-state index in [0.717, 1.165) is 23.9 Å². The Hall–Kier alpha value is -0.930. The predicted octanol–water partition coefficient (Wildman–Crippen LogP) is 4.92. The minimum atomic E-state index is 0.296. The molecule has 1 atom stereocenters. The topological polar surface area (TPSA) is 43.8 Å². The summed E-state index contributed by atoms with van der Waals surface area (Å²) < 4.78 is 2.04. The molecule has 2 N–H and O–H groups in total. The number of halogens is 2. The first-order valence-electron chi connectivity index (χ1n) is 6.52. The maximum absolute atomic E-state index is 6.09. The number of fused-ring (bicyclic) bond motifs is 1. The Bertz CT molecular complexity index is 590. The van der Waals surface area contributed by atoms with Crippen LogP contribution in [0, 0.1) is 5.92 Å². The average molecular weight is 300 g/mol. The van der Waals surface area contributed by atoms with Gasteiger partial charge >= 0.3 is 0 Å². The first-order valence-corrected chi connectivity index (χ1v) is 7.28. The van der Waals surface area contributed by atoms with Crippen LogP contribution in [-0.2, 0) is 0 Å². The molecule has 104 valence electrons. The molecule has 0 aliphatic rings. The van der Waals surface area contributed by atoms with E-state index in [-0.39, 0.29) is 0 Å². The summed E-state index contributed by atoms with van der Waals surface area (Å²) in [6, 6.07) is 3.90. The summed E-state index contributed by atoms with van der Waals surface area (Å²) >= 11 is 12.1. The monoisotopic (exact) mass is 299 g/mol. The minimum Gasteiger partial charge on any atom is -0.369 e. The van der Waals surface area contributed by atoms with Gasteiger partial charge in [-0.1, -0.05) is 37.0 Å². The Kier molecular flexibility index (Phi) is 4.26. The Morgan fingerprint density at radius 3 is 2.42 bits per heavy atom. The third kappa shape index (κ3) is 2.98. The third-order valence-electron chi connectivity index (χ3n) is 3.36. The molecule has 0 bridgehead atoms. The normalized spacial score (nSPS) is 13.4. The van der Waals surface area contributed by atoms with Gasteiger partial charge in [0.1, 0.15) is 0 Å². The second-order valence-corrected chi connectivity index (χ2v) is 6.23. The Morgan fingerprint density at radius 1 is 1.16 bits per heavy atom. The molecule has 19 heavy (non-hydrogen) atoms. The number of hydrogen-bond donors (Lipinski definition) is 1. The molecule has 1 unspecified atom stereocenters. The van der Waals surface area contributed by atoms with E-state index in [0.29, 0.717) is 28.0 Å². The molecule has 0 aliphatic heterocycles. The molecule has 0 saturated carbocycles. The molecule has 1 aromatic carbocycles. The van der Waals surface area contributed by atoms with Gasteiger partial charge in [0.15, 0.2) is 0 Å². The molecule has 0 saturated heterocycles. The maximum atomic E-state index is 6.09. The van der Waals surface area contributed by atoms with E-state index in [2.05, 4.69) is 25.8 Å². The van der Waals surface area contributed by atoms with Crippen molar-refractivity contribution in [3.8, 4) is 0 Å². The zero-order chi connectivity index (χ0) is 14.2. The Labute approximate surface area is 123 Å². The van der Waals surface area contributed by atoms with Gasteiger partial charge < -0.3 is 10.3 Å². The van der Waals surface area contributed by atoms with Crippen LogP contribution in [0.15, 0.2) is 12.1 Å². The van der Waals surface area contributed by atoms with Crippen molar-refractivity contribution in [1.82, 2.24) is 9.55 Å². The third-order valence-corrected chi connectivity index (χ3v) is 4.08. The lowest BCUT2D eigenvalue weighted by atomic mass is 10.0. The van der Waals surface area contributed by atoms with E-state index in [1.165, 1.54) is 0 Å². The second kappa shape index (κ2) is 5.59. The standard InChI is InChI=1S/C14H19Cl2N3/c1-8(2)4-5-9(3)19-13-7-11(16)10(15)6-12(13)18-14(19)17/h6-9H,4-5H2,1-3H3,(H2,17,18). The summed E-state index contributed by atoms with van der Waals surface area (Å²) in [6.45, 7) is 6.60. The van der Waals surface area contributed by atoms with Crippen LogP contribution < -0.4 is 5.73 Å². The van der Waals surface area contributed by atoms with Crippen molar-refractivity contribution in [2.24, 2.45) is 5.92 Å². The molecule has 0 radical (unpaired) electrons. The number of imidazole rings is 1. The van der Waals surface area contributed by atoms with Crippen molar-refractivity contribution in [3.05, 3.63) is 22.2 Å². The van der Waals surface area contributed by atoms with Crippen molar-refractivity contribution in [1.29, 1.82) is 0 Å². The molecule has 0 spiro atoms. The summed E-state index contributed by atoms with van der Waals surface area (Å²) in [6.07, 6.45) is 2.22. The van der Waals surface area contributed by atoms with E-state index in [1.54, 1.807) is 6.07 Å². The van der Waals surface area contributed by atoms with E-state index in [1.807, 2.05) is 10.6 Å². The number of nitrogens with two attached hydrogens (primary N) is 1. The lowest BCUT2D eigenvalue weighted by Gasteiger charge is -2.17. The van der Waals surface area contributed by atoms with Crippen molar-refractivity contribution in [2.45, 2.75) is 39.7 Å². The molecule has 0 aliphatic carbocycles. The first-order chi connectivity index (χ1) is 8.90. The van der Waals surface area contributed by atoms with Gasteiger partial charge in [-0.05, 0) is 37.8 Å². The first kappa shape index (κ1) is 14.5. The second-order valence-electron chi connectivity index (χ2n) is 5.42. The molecule has 0 amide bonds. The van der Waals surface area contributed by atoms with Gasteiger partial charge in [0.2, 0.25) is 5.95 Å². The Balaban J connectivity index is 2.42. The number of benzene rings is 1. The SMILES string of the molecule is CC(C)CCC(C)n1c(N)nc2cc(Cl)c(Cl)cc21. The fraction of sp³-hybridized carbons (Fsp3) is 0.500. The van der Waals surface area contributed by atoms with Gasteiger partial charge in [-0.2, -0.15) is 0 Å². The van der Waals surface area contributed by atoms with E-state index in [4.69, 9.17) is 28.9 Å². The molecule has 1 aromatic heterocycles. The number of nitrogens with zero attached hydrogens (tertiary/aromatic N) is 2. The summed E-state index contributed by atoms with van der Waals surface area (Å²) in [5, 5.41) is 1.04. The van der Waals surface area contributed by atoms with Gasteiger partial charge in [-0.15, -0.1) is 0 Å². The number of nitrogen functional groups attached to an aromatic ring is 1. The van der Waals surface area contributed by atoms with Gasteiger partial charge in [0.25, 0.3) is 0 Å². The highest BCUT2D eigenvalue weighted by Crippen LogP contribution is 2.32. The van der Waals surface area contributed by atoms with E-state index < -0.39 is 0 Å². The smallest absolute Gasteiger partial charge is 0.201 e. The van der Waals surface area contributed by atoms with Crippen molar-refractivity contribution in [2.75, 3.05) is 5.73 Å². The molecule has 2 aromatic rings. The van der Waals surface area contributed by atoms with Gasteiger partial charge in [0.05, 0.1) is 21.1 Å². The quantitative estimate of drug-likeness (QED) is 0.870. The fourth-order valence-corrected chi connectivity index (χ4v) is 2.59. The maximum Gasteiger partial charge on any atom is 0.201 e. The number of aromatic nitrogens is 2. The lowest BCUT2D eigenvalue weighted by molar-refractivity contribution is 0.450. The average Bonchev–Trinajstić information content (AvgIpc) is 2.62.